The van der Waals surface area contributed by atoms with Crippen LogP contribution in [-0.2, 0) is 12.6 Å². The second kappa shape index (κ2) is 3.70. The van der Waals surface area contributed by atoms with E-state index in [9.17, 15) is 13.2 Å². The van der Waals surface area contributed by atoms with Crippen LogP contribution in [0.4, 0.5) is 13.2 Å². The summed E-state index contributed by atoms with van der Waals surface area (Å²) in [6.45, 7) is 3.53. The van der Waals surface area contributed by atoms with Gasteiger partial charge in [0, 0.05) is 4.47 Å². The van der Waals surface area contributed by atoms with E-state index >= 15 is 0 Å². The predicted molar refractivity (Wildman–Crippen MR) is 48.2 cm³/mol. The highest BCUT2D eigenvalue weighted by Gasteiger charge is 2.30. The summed E-state index contributed by atoms with van der Waals surface area (Å²) in [6, 6.07) is 3.79. The Labute approximate surface area is 82.9 Å². The van der Waals surface area contributed by atoms with Gasteiger partial charge in [-0.1, -0.05) is 15.9 Å². The average Bonchev–Trinajstić information content (AvgIpc) is 2.01. The molecule has 0 spiro atoms. The van der Waals surface area contributed by atoms with Gasteiger partial charge in [0.2, 0.25) is 0 Å². The molecule has 1 rings (SSSR count). The summed E-state index contributed by atoms with van der Waals surface area (Å²) in [5, 5.41) is 0. The third-order valence-corrected chi connectivity index (χ3v) is 2.03. The molecule has 0 aliphatic rings. The first kappa shape index (κ1) is 10.6. The normalized spacial score (nSPS) is 11.8. The van der Waals surface area contributed by atoms with Crippen molar-refractivity contribution in [2.24, 2.45) is 0 Å². The lowest BCUT2D eigenvalue weighted by molar-refractivity contribution is -0.137. The van der Waals surface area contributed by atoms with Crippen LogP contribution in [0, 0.1) is 6.92 Å². The third kappa shape index (κ3) is 2.72. The second-order valence-corrected chi connectivity index (χ2v) is 3.51. The number of hydrogen-bond donors (Lipinski definition) is 0. The molecule has 4 heteroatoms. The Morgan fingerprint density at radius 1 is 1.23 bits per heavy atom. The minimum Gasteiger partial charge on any atom is -0.166 e. The molecule has 0 fully saturated rings. The Bertz CT molecular complexity index is 304. The van der Waals surface area contributed by atoms with Crippen molar-refractivity contribution >= 4 is 15.9 Å². The van der Waals surface area contributed by atoms with Gasteiger partial charge in [-0.15, -0.1) is 0 Å². The molecule has 0 amide bonds. The van der Waals surface area contributed by atoms with Gasteiger partial charge in [-0.3, -0.25) is 0 Å². The summed E-state index contributed by atoms with van der Waals surface area (Å²) in [5.74, 6) is 0. The Balaban J connectivity index is 3.16. The highest BCUT2D eigenvalue weighted by Crippen LogP contribution is 2.31. The third-order valence-electron chi connectivity index (χ3n) is 1.57. The number of rotatable bonds is 1. The van der Waals surface area contributed by atoms with E-state index in [0.29, 0.717) is 16.5 Å². The quantitative estimate of drug-likeness (QED) is 0.712. The fourth-order valence-corrected chi connectivity index (χ4v) is 1.50. The molecule has 0 saturated carbocycles. The summed E-state index contributed by atoms with van der Waals surface area (Å²) in [4.78, 5) is 0. The van der Waals surface area contributed by atoms with Crippen LogP contribution >= 0.6 is 15.9 Å². The van der Waals surface area contributed by atoms with E-state index in [1.54, 1.807) is 6.07 Å². The maximum atomic E-state index is 12.2. The van der Waals surface area contributed by atoms with Gasteiger partial charge in [0.05, 0.1) is 5.56 Å². The van der Waals surface area contributed by atoms with E-state index < -0.39 is 11.7 Å². The van der Waals surface area contributed by atoms with E-state index in [1.165, 1.54) is 0 Å². The average molecular weight is 252 g/mol. The minimum atomic E-state index is -4.28. The maximum Gasteiger partial charge on any atom is 0.416 e. The fraction of sp³-hybridized carbons (Fsp3) is 0.222. The van der Waals surface area contributed by atoms with Gasteiger partial charge in [-0.2, -0.15) is 13.2 Å². The lowest BCUT2D eigenvalue weighted by atomic mass is 10.1. The number of hydrogen-bond acceptors (Lipinski definition) is 0. The van der Waals surface area contributed by atoms with Crippen LogP contribution in [0.1, 0.15) is 11.1 Å². The summed E-state index contributed by atoms with van der Waals surface area (Å²) in [6.07, 6.45) is -3.93. The molecule has 13 heavy (non-hydrogen) atoms. The Hall–Kier alpha value is -0.510. The molecule has 0 aliphatic carbocycles. The van der Waals surface area contributed by atoms with Crippen molar-refractivity contribution in [2.45, 2.75) is 12.6 Å². The van der Waals surface area contributed by atoms with Crippen LogP contribution in [0.3, 0.4) is 0 Å². The summed E-state index contributed by atoms with van der Waals surface area (Å²) >= 11 is 3.02. The molecule has 0 N–H and O–H groups in total. The van der Waals surface area contributed by atoms with Crippen molar-refractivity contribution in [2.75, 3.05) is 0 Å². The SMILES string of the molecule is [CH2]Cc1cc(Br)cc(C(F)(F)F)c1. The lowest BCUT2D eigenvalue weighted by Gasteiger charge is -2.08. The predicted octanol–water partition coefficient (Wildman–Crippen LogP) is 3.84. The first-order chi connectivity index (χ1) is 5.93. The highest BCUT2D eigenvalue weighted by atomic mass is 79.9. The van der Waals surface area contributed by atoms with Gasteiger partial charge in [0.15, 0.2) is 0 Å². The second-order valence-electron chi connectivity index (χ2n) is 2.60. The van der Waals surface area contributed by atoms with Crippen molar-refractivity contribution in [3.8, 4) is 0 Å². The Morgan fingerprint density at radius 2 is 1.85 bits per heavy atom. The van der Waals surface area contributed by atoms with Crippen LogP contribution < -0.4 is 0 Å². The topological polar surface area (TPSA) is 0 Å². The molecule has 0 nitrogen and oxygen atoms in total. The molecular weight excluding hydrogens is 245 g/mol. The summed E-state index contributed by atoms with van der Waals surface area (Å²) in [5.41, 5.74) is -0.0674. The van der Waals surface area contributed by atoms with Crippen molar-refractivity contribution < 1.29 is 13.2 Å². The van der Waals surface area contributed by atoms with Gasteiger partial charge in [-0.25, -0.2) is 0 Å². The van der Waals surface area contributed by atoms with Gasteiger partial charge < -0.3 is 0 Å². The van der Waals surface area contributed by atoms with Crippen molar-refractivity contribution in [3.63, 3.8) is 0 Å². The monoisotopic (exact) mass is 251 g/mol. The minimum absolute atomic E-state index is 0.350. The van der Waals surface area contributed by atoms with Crippen molar-refractivity contribution in [3.05, 3.63) is 40.7 Å². The molecule has 0 heterocycles. The van der Waals surface area contributed by atoms with Gasteiger partial charge in [0.25, 0.3) is 0 Å². The largest absolute Gasteiger partial charge is 0.416 e. The van der Waals surface area contributed by atoms with E-state index in [-0.39, 0.29) is 0 Å². The molecule has 0 aromatic heterocycles. The molecule has 0 bridgehead atoms. The molecule has 0 atom stereocenters. The van der Waals surface area contributed by atoms with Crippen LogP contribution in [-0.4, -0.2) is 0 Å². The number of benzene rings is 1. The molecule has 71 valence electrons. The Morgan fingerprint density at radius 3 is 2.31 bits per heavy atom. The molecule has 1 aromatic rings. The van der Waals surface area contributed by atoms with Crippen LogP contribution in [0.25, 0.3) is 0 Å². The van der Waals surface area contributed by atoms with Crippen LogP contribution in [0.15, 0.2) is 22.7 Å². The van der Waals surface area contributed by atoms with Crippen molar-refractivity contribution in [1.82, 2.24) is 0 Å². The number of halogens is 4. The number of alkyl halides is 3. The fourth-order valence-electron chi connectivity index (χ4n) is 0.958. The van der Waals surface area contributed by atoms with Crippen LogP contribution in [0.2, 0.25) is 0 Å². The van der Waals surface area contributed by atoms with Gasteiger partial charge in [0.1, 0.15) is 0 Å². The first-order valence-corrected chi connectivity index (χ1v) is 4.38. The van der Waals surface area contributed by atoms with Crippen molar-refractivity contribution in [1.29, 1.82) is 0 Å². The summed E-state index contributed by atoms with van der Waals surface area (Å²) < 4.78 is 37.2. The molecule has 0 unspecified atom stereocenters. The smallest absolute Gasteiger partial charge is 0.166 e. The zero-order chi connectivity index (χ0) is 10.1. The Kier molecular flexibility index (Phi) is 3.01. The molecule has 1 aromatic carbocycles. The van der Waals surface area contributed by atoms with E-state index in [1.807, 2.05) is 0 Å². The van der Waals surface area contributed by atoms with E-state index in [2.05, 4.69) is 22.9 Å². The highest BCUT2D eigenvalue weighted by molar-refractivity contribution is 9.10. The molecule has 0 aliphatic heterocycles. The van der Waals surface area contributed by atoms with Gasteiger partial charge >= 0.3 is 6.18 Å². The molecular formula is C9H7BrF3. The summed E-state index contributed by atoms with van der Waals surface area (Å²) in [7, 11) is 0. The first-order valence-electron chi connectivity index (χ1n) is 3.59. The van der Waals surface area contributed by atoms with E-state index in [4.69, 9.17) is 0 Å². The van der Waals surface area contributed by atoms with E-state index in [0.717, 1.165) is 12.1 Å². The molecule has 0 saturated heterocycles. The molecule has 1 radical (unpaired) electrons. The standard InChI is InChI=1S/C9H7BrF3/c1-2-6-3-7(9(11,12)13)5-8(10)4-6/h3-5H,1-2H2. The van der Waals surface area contributed by atoms with Crippen LogP contribution in [0.5, 0.6) is 0 Å². The maximum absolute atomic E-state index is 12.2. The zero-order valence-electron chi connectivity index (χ0n) is 6.66. The van der Waals surface area contributed by atoms with Gasteiger partial charge in [-0.05, 0) is 37.1 Å². The zero-order valence-corrected chi connectivity index (χ0v) is 8.24. The lowest BCUT2D eigenvalue weighted by Crippen LogP contribution is -2.05.